The number of rotatable bonds is 3. The van der Waals surface area contributed by atoms with Crippen molar-refractivity contribution in [3.63, 3.8) is 0 Å². The molecule has 0 bridgehead atoms. The number of methoxy groups -OCH3 is 1. The van der Waals surface area contributed by atoms with E-state index in [0.717, 1.165) is 6.07 Å². The van der Waals surface area contributed by atoms with Crippen LogP contribution in [0, 0.1) is 0 Å². The third-order valence-corrected chi connectivity index (χ3v) is 3.23. The Morgan fingerprint density at radius 1 is 1.00 bits per heavy atom. The lowest BCUT2D eigenvalue weighted by Crippen LogP contribution is -2.17. The molecule has 0 fully saturated rings. The Hall–Kier alpha value is -2.90. The number of hydrogen-bond donors (Lipinski definition) is 2. The molecule has 0 amide bonds. The molecule has 5 nitrogen and oxygen atoms in total. The number of alkyl halides is 3. The van der Waals surface area contributed by atoms with Crippen LogP contribution < -0.4 is 15.2 Å². The minimum Gasteiger partial charge on any atom is -0.496 e. The summed E-state index contributed by atoms with van der Waals surface area (Å²) in [6, 6.07) is 8.96. The summed E-state index contributed by atoms with van der Waals surface area (Å²) >= 11 is 0. The van der Waals surface area contributed by atoms with E-state index in [0.29, 0.717) is 22.2 Å². The van der Waals surface area contributed by atoms with Crippen LogP contribution in [0.1, 0.15) is 0 Å². The molecular weight excluding hydrogens is 313 g/mol. The maximum Gasteiger partial charge on any atom is 0.573 e. The quantitative estimate of drug-likeness (QED) is 0.775. The van der Waals surface area contributed by atoms with E-state index in [2.05, 4.69) is 14.7 Å². The molecule has 0 saturated heterocycles. The molecule has 1 aromatic heterocycles. The Morgan fingerprint density at radius 2 is 1.74 bits per heavy atom. The standard InChI is InChI=1S/C15H11F3N2O3/c1-22-13-7-9(23-15(16,17)18)3-4-10(13)8-2-5-11-12(6-8)20-14(21)19-11/h2-7H,1H3,(H2,19,20,21). The second-order valence-corrected chi connectivity index (χ2v) is 4.75. The predicted molar refractivity (Wildman–Crippen MR) is 77.6 cm³/mol. The highest BCUT2D eigenvalue weighted by Gasteiger charge is 2.31. The summed E-state index contributed by atoms with van der Waals surface area (Å²) < 4.78 is 45.9. The number of hydrogen-bond acceptors (Lipinski definition) is 3. The van der Waals surface area contributed by atoms with Gasteiger partial charge in [-0.25, -0.2) is 4.79 Å². The van der Waals surface area contributed by atoms with Crippen molar-refractivity contribution >= 4 is 11.0 Å². The van der Waals surface area contributed by atoms with Crippen LogP contribution in [0.3, 0.4) is 0 Å². The van der Waals surface area contributed by atoms with Gasteiger partial charge in [-0.3, -0.25) is 0 Å². The zero-order valence-corrected chi connectivity index (χ0v) is 11.8. The van der Waals surface area contributed by atoms with Gasteiger partial charge >= 0.3 is 12.1 Å². The second-order valence-electron chi connectivity index (χ2n) is 4.75. The fourth-order valence-corrected chi connectivity index (χ4v) is 2.31. The Morgan fingerprint density at radius 3 is 2.43 bits per heavy atom. The SMILES string of the molecule is COc1cc(OC(F)(F)F)ccc1-c1ccc2[nH]c(=O)[nH]c2c1. The highest BCUT2D eigenvalue weighted by Crippen LogP contribution is 2.35. The number of benzene rings is 2. The van der Waals surface area contributed by atoms with Gasteiger partial charge in [0.2, 0.25) is 0 Å². The number of imidazole rings is 1. The molecule has 1 heterocycles. The van der Waals surface area contributed by atoms with Gasteiger partial charge in [0, 0.05) is 11.6 Å². The lowest BCUT2D eigenvalue weighted by molar-refractivity contribution is -0.274. The van der Waals surface area contributed by atoms with Crippen molar-refractivity contribution in [2.75, 3.05) is 7.11 Å². The average molecular weight is 324 g/mol. The third kappa shape index (κ3) is 3.15. The Balaban J connectivity index is 2.04. The van der Waals surface area contributed by atoms with Crippen LogP contribution in [0.15, 0.2) is 41.2 Å². The monoisotopic (exact) mass is 324 g/mol. The largest absolute Gasteiger partial charge is 0.573 e. The summed E-state index contributed by atoms with van der Waals surface area (Å²) in [6.07, 6.45) is -4.77. The number of ether oxygens (including phenoxy) is 2. The molecule has 120 valence electrons. The molecule has 0 atom stereocenters. The molecule has 0 saturated carbocycles. The van der Waals surface area contributed by atoms with Crippen LogP contribution >= 0.6 is 0 Å². The van der Waals surface area contributed by atoms with E-state index in [4.69, 9.17) is 4.74 Å². The Labute approximate surface area is 127 Å². The Kier molecular flexibility index (Phi) is 3.51. The topological polar surface area (TPSA) is 67.1 Å². The summed E-state index contributed by atoms with van der Waals surface area (Å²) in [4.78, 5) is 16.5. The first-order chi connectivity index (χ1) is 10.9. The molecule has 2 N–H and O–H groups in total. The first kappa shape index (κ1) is 15.0. The molecule has 0 aliphatic rings. The van der Waals surface area contributed by atoms with Crippen molar-refractivity contribution in [1.82, 2.24) is 9.97 Å². The number of H-pyrrole nitrogens is 2. The van der Waals surface area contributed by atoms with E-state index in [1.165, 1.54) is 19.2 Å². The fourth-order valence-electron chi connectivity index (χ4n) is 2.31. The van der Waals surface area contributed by atoms with Crippen molar-refractivity contribution in [3.05, 3.63) is 46.9 Å². The van der Waals surface area contributed by atoms with Gasteiger partial charge in [0.1, 0.15) is 11.5 Å². The fraction of sp³-hybridized carbons (Fsp3) is 0.133. The normalized spacial score (nSPS) is 11.7. The van der Waals surface area contributed by atoms with Gasteiger partial charge in [-0.2, -0.15) is 0 Å². The van der Waals surface area contributed by atoms with Crippen molar-refractivity contribution in [2.45, 2.75) is 6.36 Å². The number of fused-ring (bicyclic) bond motifs is 1. The highest BCUT2D eigenvalue weighted by atomic mass is 19.4. The average Bonchev–Trinajstić information content (AvgIpc) is 2.84. The molecule has 3 aromatic rings. The lowest BCUT2D eigenvalue weighted by Gasteiger charge is -2.13. The Bertz CT molecular complexity index is 912. The van der Waals surface area contributed by atoms with Crippen LogP contribution in [-0.2, 0) is 0 Å². The van der Waals surface area contributed by atoms with Gasteiger partial charge in [-0.1, -0.05) is 6.07 Å². The second kappa shape index (κ2) is 5.38. The summed E-state index contributed by atoms with van der Waals surface area (Å²) in [5.74, 6) is -0.141. The zero-order valence-electron chi connectivity index (χ0n) is 11.8. The van der Waals surface area contributed by atoms with Gasteiger partial charge in [0.15, 0.2) is 0 Å². The van der Waals surface area contributed by atoms with E-state index < -0.39 is 6.36 Å². The summed E-state index contributed by atoms with van der Waals surface area (Å²) in [7, 11) is 1.35. The van der Waals surface area contributed by atoms with Gasteiger partial charge < -0.3 is 19.4 Å². The molecule has 0 unspecified atom stereocenters. The van der Waals surface area contributed by atoms with Gasteiger partial charge in [0.05, 0.1) is 18.1 Å². The van der Waals surface area contributed by atoms with E-state index in [1.807, 2.05) is 0 Å². The van der Waals surface area contributed by atoms with Crippen molar-refractivity contribution in [3.8, 4) is 22.6 Å². The van der Waals surface area contributed by atoms with Gasteiger partial charge in [-0.05, 0) is 29.8 Å². The first-order valence-corrected chi connectivity index (χ1v) is 6.52. The van der Waals surface area contributed by atoms with Crippen molar-refractivity contribution < 1.29 is 22.6 Å². The molecule has 0 aliphatic heterocycles. The molecule has 0 spiro atoms. The molecule has 2 aromatic carbocycles. The maximum atomic E-state index is 12.3. The van der Waals surface area contributed by atoms with E-state index in [9.17, 15) is 18.0 Å². The highest BCUT2D eigenvalue weighted by molar-refractivity contribution is 5.83. The first-order valence-electron chi connectivity index (χ1n) is 6.52. The smallest absolute Gasteiger partial charge is 0.496 e. The predicted octanol–water partition coefficient (Wildman–Crippen LogP) is 3.43. The molecule has 0 radical (unpaired) electrons. The molecule has 8 heteroatoms. The number of aromatic amines is 2. The lowest BCUT2D eigenvalue weighted by atomic mass is 10.0. The van der Waals surface area contributed by atoms with E-state index in [-0.39, 0.29) is 17.2 Å². The zero-order chi connectivity index (χ0) is 16.6. The van der Waals surface area contributed by atoms with Crippen molar-refractivity contribution in [1.29, 1.82) is 0 Å². The number of aromatic nitrogens is 2. The van der Waals surface area contributed by atoms with Crippen LogP contribution in [0.4, 0.5) is 13.2 Å². The minimum atomic E-state index is -4.77. The van der Waals surface area contributed by atoms with Gasteiger partial charge in [0.25, 0.3) is 0 Å². The van der Waals surface area contributed by atoms with Crippen LogP contribution in [0.25, 0.3) is 22.2 Å². The van der Waals surface area contributed by atoms with Crippen LogP contribution in [-0.4, -0.2) is 23.4 Å². The van der Waals surface area contributed by atoms with Crippen LogP contribution in [0.5, 0.6) is 11.5 Å². The summed E-state index contributed by atoms with van der Waals surface area (Å²) in [6.45, 7) is 0. The third-order valence-electron chi connectivity index (χ3n) is 3.23. The molecular formula is C15H11F3N2O3. The maximum absolute atomic E-state index is 12.3. The summed E-state index contributed by atoms with van der Waals surface area (Å²) in [5.41, 5.74) is 2.15. The van der Waals surface area contributed by atoms with E-state index in [1.54, 1.807) is 18.2 Å². The number of halogens is 3. The number of nitrogens with one attached hydrogen (secondary N) is 2. The van der Waals surface area contributed by atoms with Crippen LogP contribution in [0.2, 0.25) is 0 Å². The molecule has 3 rings (SSSR count). The minimum absolute atomic E-state index is 0.226. The molecule has 0 aliphatic carbocycles. The van der Waals surface area contributed by atoms with Crippen molar-refractivity contribution in [2.24, 2.45) is 0 Å². The summed E-state index contributed by atoms with van der Waals surface area (Å²) in [5, 5.41) is 0. The van der Waals surface area contributed by atoms with Gasteiger partial charge in [-0.15, -0.1) is 13.2 Å². The van der Waals surface area contributed by atoms with E-state index >= 15 is 0 Å². The molecule has 23 heavy (non-hydrogen) atoms.